The maximum absolute atomic E-state index is 6.40. The first-order valence-corrected chi connectivity index (χ1v) is 17.1. The Morgan fingerprint density at radius 1 is 0.451 bits per heavy atom. The normalized spacial score (nSPS) is 11.3. The lowest BCUT2D eigenvalue weighted by molar-refractivity contribution is 0.312. The van der Waals surface area contributed by atoms with E-state index in [-0.39, 0.29) is 0 Å². The van der Waals surface area contributed by atoms with Crippen LogP contribution in [0.4, 0.5) is 22.7 Å². The number of hydrogen-bond donors (Lipinski definition) is 1. The fourth-order valence-corrected chi connectivity index (χ4v) is 6.93. The van der Waals surface area contributed by atoms with E-state index in [0.29, 0.717) is 12.3 Å². The summed E-state index contributed by atoms with van der Waals surface area (Å²) in [6.07, 6.45) is 0. The summed E-state index contributed by atoms with van der Waals surface area (Å²) in [5.74, 6) is 0.717. The monoisotopic (exact) mass is 658 g/mol. The Balaban J connectivity index is 1.08. The van der Waals surface area contributed by atoms with Gasteiger partial charge in [0.05, 0.1) is 5.69 Å². The molecule has 0 bridgehead atoms. The minimum atomic E-state index is 0.461. The summed E-state index contributed by atoms with van der Waals surface area (Å²) in [5.41, 5.74) is 17.7. The molecule has 2 N–H and O–H groups in total. The summed E-state index contributed by atoms with van der Waals surface area (Å²) in [6.45, 7) is 0.461. The number of para-hydroxylation sites is 1. The van der Waals surface area contributed by atoms with Crippen molar-refractivity contribution >= 4 is 55.5 Å². The SMILES string of the molecule is Nc1ccc2cc(-c3ccc(N(c4ccc(-c5ccccc5)cc4)c4ccc5oc6ccccc6c5c4)cc3)ccc2c1OCc1ccccc1. The van der Waals surface area contributed by atoms with Crippen LogP contribution in [0.15, 0.2) is 186 Å². The number of ether oxygens (including phenoxy) is 1. The van der Waals surface area contributed by atoms with E-state index in [2.05, 4.69) is 144 Å². The quantitative estimate of drug-likeness (QED) is 0.165. The van der Waals surface area contributed by atoms with Crippen molar-refractivity contribution in [3.05, 3.63) is 188 Å². The second-order valence-corrected chi connectivity index (χ2v) is 12.8. The maximum atomic E-state index is 6.40. The van der Waals surface area contributed by atoms with Gasteiger partial charge >= 0.3 is 0 Å². The topological polar surface area (TPSA) is 51.6 Å². The lowest BCUT2D eigenvalue weighted by Gasteiger charge is -2.26. The molecule has 51 heavy (non-hydrogen) atoms. The molecule has 0 amide bonds. The molecular weight excluding hydrogens is 625 g/mol. The highest BCUT2D eigenvalue weighted by Crippen LogP contribution is 2.41. The van der Waals surface area contributed by atoms with Gasteiger partial charge in [-0.1, -0.05) is 115 Å². The molecule has 0 saturated heterocycles. The molecule has 1 aromatic heterocycles. The van der Waals surface area contributed by atoms with Crippen LogP contribution in [0.1, 0.15) is 5.56 Å². The number of furan rings is 1. The van der Waals surface area contributed by atoms with Crippen LogP contribution >= 0.6 is 0 Å². The third-order valence-corrected chi connectivity index (χ3v) is 9.54. The van der Waals surface area contributed by atoms with Gasteiger partial charge in [-0.25, -0.2) is 0 Å². The Kier molecular flexibility index (Phi) is 7.67. The van der Waals surface area contributed by atoms with Crippen LogP contribution in [0.2, 0.25) is 0 Å². The first-order chi connectivity index (χ1) is 25.2. The van der Waals surface area contributed by atoms with E-state index in [1.54, 1.807) is 0 Å². The molecule has 0 atom stereocenters. The number of nitrogens with zero attached hydrogens (tertiary/aromatic N) is 1. The molecule has 0 spiro atoms. The largest absolute Gasteiger partial charge is 0.486 e. The van der Waals surface area contributed by atoms with Gasteiger partial charge in [-0.2, -0.15) is 0 Å². The zero-order valence-corrected chi connectivity index (χ0v) is 27.9. The molecule has 4 nitrogen and oxygen atoms in total. The Morgan fingerprint density at radius 3 is 1.78 bits per heavy atom. The molecular formula is C47H34N2O2. The second-order valence-electron chi connectivity index (χ2n) is 12.8. The van der Waals surface area contributed by atoms with E-state index in [9.17, 15) is 0 Å². The smallest absolute Gasteiger partial charge is 0.150 e. The average molecular weight is 659 g/mol. The lowest BCUT2D eigenvalue weighted by atomic mass is 9.99. The van der Waals surface area contributed by atoms with Crippen LogP contribution in [0.5, 0.6) is 5.75 Å². The van der Waals surface area contributed by atoms with Gasteiger partial charge in [0.15, 0.2) is 5.75 Å². The second kappa shape index (κ2) is 12.9. The van der Waals surface area contributed by atoms with Crippen LogP contribution in [0, 0.1) is 0 Å². The molecule has 9 rings (SSSR count). The Hall–Kier alpha value is -6.78. The number of fused-ring (bicyclic) bond motifs is 4. The van der Waals surface area contributed by atoms with Crippen molar-refractivity contribution in [3.63, 3.8) is 0 Å². The van der Waals surface area contributed by atoms with E-state index in [1.807, 2.05) is 42.5 Å². The standard InChI is InChI=1S/C47H34N2O2/c48-44-27-20-37-29-36(19-26-41(37)47(44)50-31-32-9-3-1-4-10-32)35-17-23-39(24-18-35)49(38-21-15-34(16-22-38)33-11-5-2-6-12-33)40-25-28-46-43(30-40)42-13-7-8-14-45(42)51-46/h1-30H,31,48H2. The number of hydrogen-bond acceptors (Lipinski definition) is 4. The van der Waals surface area contributed by atoms with Gasteiger partial charge in [-0.05, 0) is 99.9 Å². The third kappa shape index (κ3) is 5.83. The molecule has 0 aliphatic heterocycles. The molecule has 4 heteroatoms. The summed E-state index contributed by atoms with van der Waals surface area (Å²) in [7, 11) is 0. The summed E-state index contributed by atoms with van der Waals surface area (Å²) in [5, 5.41) is 4.28. The summed E-state index contributed by atoms with van der Waals surface area (Å²) in [4.78, 5) is 2.30. The fraction of sp³-hybridized carbons (Fsp3) is 0.0213. The Morgan fingerprint density at radius 2 is 1.04 bits per heavy atom. The number of nitrogens with two attached hydrogens (primary N) is 1. The van der Waals surface area contributed by atoms with Crippen molar-refractivity contribution in [1.29, 1.82) is 0 Å². The van der Waals surface area contributed by atoms with Crippen LogP contribution in [0.25, 0.3) is 55.0 Å². The Labute approximate surface area is 296 Å². The minimum Gasteiger partial charge on any atom is -0.486 e. The van der Waals surface area contributed by atoms with Gasteiger partial charge in [0.2, 0.25) is 0 Å². The third-order valence-electron chi connectivity index (χ3n) is 9.54. The van der Waals surface area contributed by atoms with Gasteiger partial charge in [0.1, 0.15) is 17.8 Å². The predicted molar refractivity (Wildman–Crippen MR) is 212 cm³/mol. The van der Waals surface area contributed by atoms with Crippen LogP contribution in [-0.4, -0.2) is 0 Å². The first kappa shape index (κ1) is 30.3. The van der Waals surface area contributed by atoms with Gasteiger partial charge < -0.3 is 19.8 Å². The van der Waals surface area contributed by atoms with Gasteiger partial charge in [-0.3, -0.25) is 0 Å². The Bertz CT molecular complexity index is 2630. The maximum Gasteiger partial charge on any atom is 0.150 e. The number of rotatable bonds is 8. The number of benzene rings is 8. The van der Waals surface area contributed by atoms with Crippen molar-refractivity contribution in [1.82, 2.24) is 0 Å². The molecule has 0 aliphatic carbocycles. The van der Waals surface area contributed by atoms with E-state index >= 15 is 0 Å². The molecule has 0 radical (unpaired) electrons. The van der Waals surface area contributed by atoms with E-state index in [4.69, 9.17) is 14.9 Å². The van der Waals surface area contributed by atoms with Crippen molar-refractivity contribution in [2.45, 2.75) is 6.61 Å². The predicted octanol–water partition coefficient (Wildman–Crippen LogP) is 12.7. The fourth-order valence-electron chi connectivity index (χ4n) is 6.93. The molecule has 0 unspecified atom stereocenters. The highest BCUT2D eigenvalue weighted by atomic mass is 16.5. The van der Waals surface area contributed by atoms with Crippen LogP contribution < -0.4 is 15.4 Å². The van der Waals surface area contributed by atoms with Crippen molar-refractivity contribution in [3.8, 4) is 28.0 Å². The molecule has 0 saturated carbocycles. The van der Waals surface area contributed by atoms with Crippen molar-refractivity contribution in [2.75, 3.05) is 10.6 Å². The molecule has 0 aliphatic rings. The van der Waals surface area contributed by atoms with E-state index in [1.165, 1.54) is 11.1 Å². The molecule has 9 aromatic rings. The van der Waals surface area contributed by atoms with Crippen LogP contribution in [0.3, 0.4) is 0 Å². The molecule has 1 heterocycles. The van der Waals surface area contributed by atoms with Gasteiger partial charge in [0, 0.05) is 33.2 Å². The summed E-state index contributed by atoms with van der Waals surface area (Å²) >= 11 is 0. The summed E-state index contributed by atoms with van der Waals surface area (Å²) in [6, 6.07) is 63.3. The molecule has 0 fully saturated rings. The van der Waals surface area contributed by atoms with Gasteiger partial charge in [-0.15, -0.1) is 0 Å². The first-order valence-electron chi connectivity index (χ1n) is 17.1. The minimum absolute atomic E-state index is 0.461. The summed E-state index contributed by atoms with van der Waals surface area (Å²) < 4.78 is 12.4. The van der Waals surface area contributed by atoms with Crippen molar-refractivity contribution < 1.29 is 9.15 Å². The lowest BCUT2D eigenvalue weighted by Crippen LogP contribution is -2.09. The van der Waals surface area contributed by atoms with Crippen LogP contribution in [-0.2, 0) is 6.61 Å². The van der Waals surface area contributed by atoms with E-state index in [0.717, 1.165) is 72.2 Å². The van der Waals surface area contributed by atoms with Crippen molar-refractivity contribution in [2.24, 2.45) is 0 Å². The van der Waals surface area contributed by atoms with Gasteiger partial charge in [0.25, 0.3) is 0 Å². The number of anilines is 4. The zero-order chi connectivity index (χ0) is 34.1. The average Bonchev–Trinajstić information content (AvgIpc) is 3.57. The highest BCUT2D eigenvalue weighted by molar-refractivity contribution is 6.06. The number of nitrogen functional groups attached to an aromatic ring is 1. The highest BCUT2D eigenvalue weighted by Gasteiger charge is 2.16. The van der Waals surface area contributed by atoms with E-state index < -0.39 is 0 Å². The zero-order valence-electron chi connectivity index (χ0n) is 27.9. The molecule has 244 valence electrons. The molecule has 8 aromatic carbocycles.